The minimum absolute atomic E-state index is 0.0179. The van der Waals surface area contributed by atoms with Crippen molar-refractivity contribution in [1.29, 1.82) is 0 Å². The summed E-state index contributed by atoms with van der Waals surface area (Å²) in [6.45, 7) is 2.11. The molecule has 0 aliphatic carbocycles. The van der Waals surface area contributed by atoms with Crippen LogP contribution in [-0.4, -0.2) is 28.3 Å². The predicted octanol–water partition coefficient (Wildman–Crippen LogP) is 6.70. The second kappa shape index (κ2) is 10.7. The number of likely N-dealkylation sites (tertiary alicyclic amines) is 1. The Hall–Kier alpha value is -2.38. The zero-order valence-corrected chi connectivity index (χ0v) is 19.1. The number of hydrogen-bond donors (Lipinski definition) is 1. The Kier molecular flexibility index (Phi) is 8.19. The number of alkyl halides is 3. The second-order valence-corrected chi connectivity index (χ2v) is 9.11. The van der Waals surface area contributed by atoms with Crippen LogP contribution in [0.1, 0.15) is 67.8 Å². The normalized spacial score (nSPS) is 20.4. The third-order valence-electron chi connectivity index (χ3n) is 6.26. The van der Waals surface area contributed by atoms with E-state index in [1.165, 1.54) is 19.1 Å². The largest absolute Gasteiger partial charge is 0.481 e. The lowest BCUT2D eigenvalue weighted by atomic mass is 9.82. The van der Waals surface area contributed by atoms with Gasteiger partial charge in [-0.2, -0.15) is 13.2 Å². The van der Waals surface area contributed by atoms with E-state index in [9.17, 15) is 27.9 Å². The van der Waals surface area contributed by atoms with E-state index in [1.54, 1.807) is 12.1 Å². The molecular formula is C25H27ClF3NO3. The molecule has 0 aromatic heterocycles. The van der Waals surface area contributed by atoms with Gasteiger partial charge in [0.25, 0.3) is 0 Å². The highest BCUT2D eigenvalue weighted by Crippen LogP contribution is 2.43. The predicted molar refractivity (Wildman–Crippen MR) is 120 cm³/mol. The summed E-state index contributed by atoms with van der Waals surface area (Å²) < 4.78 is 39.3. The van der Waals surface area contributed by atoms with Gasteiger partial charge >= 0.3 is 12.1 Å². The summed E-state index contributed by atoms with van der Waals surface area (Å²) in [5.41, 5.74) is 0.954. The van der Waals surface area contributed by atoms with Crippen molar-refractivity contribution in [1.82, 2.24) is 4.90 Å². The van der Waals surface area contributed by atoms with Crippen LogP contribution in [0.25, 0.3) is 0 Å². The average molecular weight is 482 g/mol. The van der Waals surface area contributed by atoms with Crippen molar-refractivity contribution in [2.24, 2.45) is 5.92 Å². The number of piperidine rings is 1. The fourth-order valence-corrected chi connectivity index (χ4v) is 4.76. The van der Waals surface area contributed by atoms with Crippen molar-refractivity contribution in [2.45, 2.75) is 57.3 Å². The van der Waals surface area contributed by atoms with Gasteiger partial charge in [0.15, 0.2) is 0 Å². The number of aliphatic carboxylic acids is 1. The van der Waals surface area contributed by atoms with Gasteiger partial charge in [0.2, 0.25) is 0 Å². The fourth-order valence-electron chi connectivity index (χ4n) is 4.63. The van der Waals surface area contributed by atoms with Crippen LogP contribution in [0.4, 0.5) is 13.2 Å². The number of rotatable bonds is 8. The highest BCUT2D eigenvalue weighted by molar-refractivity contribution is 6.30. The van der Waals surface area contributed by atoms with Crippen LogP contribution in [-0.2, 0) is 15.8 Å². The fraction of sp³-hybridized carbons (Fsp3) is 0.440. The number of carbonyl (C=O) groups is 2. The maximum absolute atomic E-state index is 13.1. The molecule has 8 heteroatoms. The third kappa shape index (κ3) is 6.81. The van der Waals surface area contributed by atoms with E-state index >= 15 is 0 Å². The molecule has 1 N–H and O–H groups in total. The number of ketones is 1. The molecule has 0 radical (unpaired) electrons. The molecule has 0 spiro atoms. The minimum Gasteiger partial charge on any atom is -0.481 e. The van der Waals surface area contributed by atoms with E-state index in [1.807, 2.05) is 12.1 Å². The summed E-state index contributed by atoms with van der Waals surface area (Å²) in [7, 11) is 0. The summed E-state index contributed by atoms with van der Waals surface area (Å²) in [4.78, 5) is 25.3. The average Bonchev–Trinajstić information content (AvgIpc) is 2.74. The molecule has 1 saturated heterocycles. The molecule has 1 aliphatic heterocycles. The molecule has 0 bridgehead atoms. The Balaban J connectivity index is 1.97. The Morgan fingerprint density at radius 3 is 2.30 bits per heavy atom. The maximum Gasteiger partial charge on any atom is 0.416 e. The first kappa shape index (κ1) is 25.2. The molecule has 1 heterocycles. The minimum atomic E-state index is -4.43. The van der Waals surface area contributed by atoms with Gasteiger partial charge in [0, 0.05) is 29.9 Å². The molecule has 0 saturated carbocycles. The molecule has 4 nitrogen and oxygen atoms in total. The summed E-state index contributed by atoms with van der Waals surface area (Å²) >= 11 is 6.06. The van der Waals surface area contributed by atoms with Gasteiger partial charge in [-0.3, -0.25) is 9.69 Å². The molecule has 1 fully saturated rings. The molecule has 33 heavy (non-hydrogen) atoms. The van der Waals surface area contributed by atoms with E-state index in [4.69, 9.17) is 11.6 Å². The lowest BCUT2D eigenvalue weighted by Gasteiger charge is -2.44. The molecule has 0 amide bonds. The first-order valence-electron chi connectivity index (χ1n) is 10.9. The zero-order chi connectivity index (χ0) is 24.2. The molecule has 2 unspecified atom stereocenters. The van der Waals surface area contributed by atoms with Crippen LogP contribution in [0.15, 0.2) is 48.5 Å². The number of carboxylic acids is 1. The third-order valence-corrected chi connectivity index (χ3v) is 6.52. The topological polar surface area (TPSA) is 57.6 Å². The first-order valence-corrected chi connectivity index (χ1v) is 11.3. The van der Waals surface area contributed by atoms with Crippen LogP contribution in [0, 0.1) is 5.92 Å². The van der Waals surface area contributed by atoms with Crippen molar-refractivity contribution >= 4 is 23.4 Å². The highest BCUT2D eigenvalue weighted by Gasteiger charge is 2.36. The molecule has 3 atom stereocenters. The molecule has 178 valence electrons. The summed E-state index contributed by atoms with van der Waals surface area (Å²) in [5.74, 6) is -0.907. The summed E-state index contributed by atoms with van der Waals surface area (Å²) in [6.07, 6.45) is -2.32. The van der Waals surface area contributed by atoms with Crippen LogP contribution in [0.2, 0.25) is 5.02 Å². The first-order chi connectivity index (χ1) is 15.5. The Morgan fingerprint density at radius 1 is 1.12 bits per heavy atom. The summed E-state index contributed by atoms with van der Waals surface area (Å²) in [6, 6.07) is 12.1. The van der Waals surface area contributed by atoms with Crippen molar-refractivity contribution < 1.29 is 27.9 Å². The van der Waals surface area contributed by atoms with Gasteiger partial charge in [-0.05, 0) is 74.0 Å². The van der Waals surface area contributed by atoms with Gasteiger partial charge in [0.1, 0.15) is 5.78 Å². The second-order valence-electron chi connectivity index (χ2n) is 8.67. The molecule has 2 aromatic rings. The SMILES string of the molecule is CC(=O)CCC(c1ccc(Cl)cc1)N1CCC(CC(=O)O)C[C@@H]1c1ccc(C(F)(F)F)cc1. The van der Waals surface area contributed by atoms with Gasteiger partial charge < -0.3 is 9.90 Å². The molecular weight excluding hydrogens is 455 g/mol. The number of carbonyl (C=O) groups excluding carboxylic acids is 1. The lowest BCUT2D eigenvalue weighted by molar-refractivity contribution is -0.139. The molecule has 1 aliphatic rings. The van der Waals surface area contributed by atoms with E-state index in [-0.39, 0.29) is 30.2 Å². The van der Waals surface area contributed by atoms with E-state index in [2.05, 4.69) is 4.90 Å². The Labute approximate surface area is 196 Å². The van der Waals surface area contributed by atoms with Crippen LogP contribution >= 0.6 is 11.6 Å². The Morgan fingerprint density at radius 2 is 1.76 bits per heavy atom. The van der Waals surface area contributed by atoms with Crippen molar-refractivity contribution in [2.75, 3.05) is 6.54 Å². The van der Waals surface area contributed by atoms with Gasteiger partial charge in [-0.1, -0.05) is 35.9 Å². The Bertz CT molecular complexity index is 960. The number of hydrogen-bond acceptors (Lipinski definition) is 3. The quantitative estimate of drug-likeness (QED) is 0.456. The number of carboxylic acid groups (broad SMARTS) is 1. The van der Waals surface area contributed by atoms with Gasteiger partial charge in [0.05, 0.1) is 5.56 Å². The van der Waals surface area contributed by atoms with Crippen LogP contribution in [0.5, 0.6) is 0 Å². The van der Waals surface area contributed by atoms with E-state index in [0.29, 0.717) is 42.8 Å². The molecule has 3 rings (SSSR count). The van der Waals surface area contributed by atoms with E-state index < -0.39 is 17.7 Å². The standard InChI is InChI=1S/C25H27ClF3NO3/c1-16(31)2-11-22(18-5-9-21(26)10-6-18)30-13-12-17(15-24(32)33)14-23(30)19-3-7-20(8-4-19)25(27,28)29/h3-10,17,22-23H,2,11-15H2,1H3,(H,32,33)/t17?,22?,23-/m1/s1. The van der Waals surface area contributed by atoms with Crippen molar-refractivity contribution in [3.8, 4) is 0 Å². The monoisotopic (exact) mass is 481 g/mol. The number of benzene rings is 2. The zero-order valence-electron chi connectivity index (χ0n) is 18.3. The van der Waals surface area contributed by atoms with Crippen molar-refractivity contribution in [3.05, 3.63) is 70.2 Å². The number of nitrogens with zero attached hydrogens (tertiary/aromatic N) is 1. The number of halogens is 4. The smallest absolute Gasteiger partial charge is 0.416 e. The van der Waals surface area contributed by atoms with Crippen molar-refractivity contribution in [3.63, 3.8) is 0 Å². The van der Waals surface area contributed by atoms with Gasteiger partial charge in [-0.25, -0.2) is 0 Å². The summed E-state index contributed by atoms with van der Waals surface area (Å²) in [5, 5.41) is 9.87. The van der Waals surface area contributed by atoms with Crippen LogP contribution < -0.4 is 0 Å². The lowest BCUT2D eigenvalue weighted by Crippen LogP contribution is -2.40. The maximum atomic E-state index is 13.1. The molecule has 2 aromatic carbocycles. The number of Topliss-reactive ketones (excluding diaryl/α,β-unsaturated/α-hetero) is 1. The van der Waals surface area contributed by atoms with Gasteiger partial charge in [-0.15, -0.1) is 0 Å². The highest BCUT2D eigenvalue weighted by atomic mass is 35.5. The van der Waals surface area contributed by atoms with Crippen LogP contribution in [0.3, 0.4) is 0 Å². The van der Waals surface area contributed by atoms with E-state index in [0.717, 1.165) is 17.7 Å².